The van der Waals surface area contributed by atoms with Crippen LogP contribution in [0.25, 0.3) is 0 Å². The van der Waals surface area contributed by atoms with Gasteiger partial charge in [0.05, 0.1) is 6.20 Å². The number of rotatable bonds is 5. The maximum absolute atomic E-state index is 12.5. The van der Waals surface area contributed by atoms with Crippen LogP contribution in [0.5, 0.6) is 0 Å². The minimum atomic E-state index is -3.38. The fourth-order valence-electron chi connectivity index (χ4n) is 1.97. The third-order valence-electron chi connectivity index (χ3n) is 3.02. The molecular weight excluding hydrogens is 284 g/mol. The molecule has 1 aliphatic heterocycles. The molecule has 6 nitrogen and oxygen atoms in total. The van der Waals surface area contributed by atoms with Crippen molar-refractivity contribution in [3.05, 3.63) is 12.4 Å². The summed E-state index contributed by atoms with van der Waals surface area (Å²) in [6.07, 6.45) is 4.74. The van der Waals surface area contributed by atoms with Crippen LogP contribution in [0.2, 0.25) is 0 Å². The van der Waals surface area contributed by atoms with Gasteiger partial charge in [-0.2, -0.15) is 21.2 Å². The number of hydrogen-bond acceptors (Lipinski definition) is 5. The van der Waals surface area contributed by atoms with E-state index in [9.17, 15) is 8.42 Å². The summed E-state index contributed by atoms with van der Waals surface area (Å²) in [5, 5.41) is 4.09. The number of hydrogen-bond donors (Lipinski definition) is 1. The first kappa shape index (κ1) is 14.8. The third kappa shape index (κ3) is 3.71. The lowest BCUT2D eigenvalue weighted by Crippen LogP contribution is -2.32. The Morgan fingerprint density at radius 3 is 3.00 bits per heavy atom. The topological polar surface area (TPSA) is 81.2 Å². The van der Waals surface area contributed by atoms with Crippen LogP contribution < -0.4 is 5.73 Å². The molecule has 1 aromatic rings. The number of aromatic nitrogens is 2. The molecule has 0 unspecified atom stereocenters. The van der Waals surface area contributed by atoms with Crippen LogP contribution in [-0.4, -0.2) is 53.6 Å². The van der Waals surface area contributed by atoms with Crippen LogP contribution in [0, 0.1) is 0 Å². The average Bonchev–Trinajstić information content (AvgIpc) is 2.70. The van der Waals surface area contributed by atoms with E-state index in [2.05, 4.69) is 5.10 Å². The smallest absolute Gasteiger partial charge is 0.246 e. The van der Waals surface area contributed by atoms with Crippen molar-refractivity contribution >= 4 is 21.8 Å². The number of thioether (sulfide) groups is 1. The van der Waals surface area contributed by atoms with Gasteiger partial charge in [-0.05, 0) is 25.1 Å². The molecule has 0 amide bonds. The molecule has 19 heavy (non-hydrogen) atoms. The van der Waals surface area contributed by atoms with Crippen molar-refractivity contribution in [1.82, 2.24) is 14.1 Å². The number of sulfonamides is 1. The highest BCUT2D eigenvalue weighted by atomic mass is 32.2. The summed E-state index contributed by atoms with van der Waals surface area (Å²) < 4.78 is 28.1. The molecule has 0 bridgehead atoms. The Kier molecular flexibility index (Phi) is 5.26. The molecule has 1 saturated heterocycles. The van der Waals surface area contributed by atoms with Crippen LogP contribution in [0.15, 0.2) is 17.3 Å². The van der Waals surface area contributed by atoms with Crippen LogP contribution in [0.3, 0.4) is 0 Å². The van der Waals surface area contributed by atoms with Gasteiger partial charge >= 0.3 is 0 Å². The molecular formula is C11H20N4O2S2. The van der Waals surface area contributed by atoms with E-state index in [4.69, 9.17) is 5.73 Å². The van der Waals surface area contributed by atoms with Gasteiger partial charge in [0.15, 0.2) is 0 Å². The van der Waals surface area contributed by atoms with Crippen molar-refractivity contribution in [2.24, 2.45) is 5.73 Å². The summed E-state index contributed by atoms with van der Waals surface area (Å²) in [4.78, 5) is 0.288. The minimum absolute atomic E-state index is 0.288. The highest BCUT2D eigenvalue weighted by molar-refractivity contribution is 7.99. The Balaban J connectivity index is 2.11. The molecule has 1 aromatic heterocycles. The van der Waals surface area contributed by atoms with Crippen molar-refractivity contribution in [2.75, 3.05) is 31.1 Å². The minimum Gasteiger partial charge on any atom is -0.330 e. The van der Waals surface area contributed by atoms with Crippen molar-refractivity contribution in [3.63, 3.8) is 0 Å². The van der Waals surface area contributed by atoms with Crippen molar-refractivity contribution in [2.45, 2.75) is 24.3 Å². The second-order valence-corrected chi connectivity index (χ2v) is 7.61. The molecule has 108 valence electrons. The Morgan fingerprint density at radius 2 is 2.21 bits per heavy atom. The summed E-state index contributed by atoms with van der Waals surface area (Å²) >= 11 is 1.81. The Morgan fingerprint density at radius 1 is 1.37 bits per heavy atom. The van der Waals surface area contributed by atoms with Crippen molar-refractivity contribution in [3.8, 4) is 0 Å². The maximum atomic E-state index is 12.5. The summed E-state index contributed by atoms with van der Waals surface area (Å²) in [6, 6.07) is 0. The van der Waals surface area contributed by atoms with Crippen LogP contribution in [-0.2, 0) is 16.6 Å². The SMILES string of the molecule is NCCCn1cc(S(=O)(=O)N2CCCSCC2)cn1. The largest absolute Gasteiger partial charge is 0.330 e. The number of nitrogens with zero attached hydrogens (tertiary/aromatic N) is 3. The van der Waals surface area contributed by atoms with E-state index < -0.39 is 10.0 Å². The van der Waals surface area contributed by atoms with Crippen LogP contribution >= 0.6 is 11.8 Å². The lowest BCUT2D eigenvalue weighted by Gasteiger charge is -2.18. The number of aryl methyl sites for hydroxylation is 1. The standard InChI is InChI=1S/C11H20N4O2S2/c12-3-1-4-14-10-11(9-13-14)19(16,17)15-5-2-7-18-8-6-15/h9-10H,1-8,12H2. The summed E-state index contributed by atoms with van der Waals surface area (Å²) in [6.45, 7) is 2.41. The highest BCUT2D eigenvalue weighted by Gasteiger charge is 2.26. The lowest BCUT2D eigenvalue weighted by molar-refractivity contribution is 0.435. The molecule has 0 aliphatic carbocycles. The lowest BCUT2D eigenvalue weighted by atomic mass is 10.4. The maximum Gasteiger partial charge on any atom is 0.246 e. The zero-order valence-electron chi connectivity index (χ0n) is 10.9. The summed E-state index contributed by atoms with van der Waals surface area (Å²) in [5.74, 6) is 1.89. The zero-order valence-corrected chi connectivity index (χ0v) is 12.5. The van der Waals surface area contributed by atoms with Gasteiger partial charge < -0.3 is 5.73 Å². The van der Waals surface area contributed by atoms with E-state index in [1.165, 1.54) is 6.20 Å². The van der Waals surface area contributed by atoms with Crippen LogP contribution in [0.1, 0.15) is 12.8 Å². The van der Waals surface area contributed by atoms with Crippen LogP contribution in [0.4, 0.5) is 0 Å². The number of nitrogens with two attached hydrogens (primary N) is 1. The molecule has 0 radical (unpaired) electrons. The van der Waals surface area contributed by atoms with Gasteiger partial charge in [-0.3, -0.25) is 4.68 Å². The Hall–Kier alpha value is -0.570. The first-order valence-corrected chi connectivity index (χ1v) is 9.04. The van der Waals surface area contributed by atoms with Gasteiger partial charge in [0, 0.05) is 31.6 Å². The fourth-order valence-corrected chi connectivity index (χ4v) is 4.40. The van der Waals surface area contributed by atoms with Gasteiger partial charge in [-0.1, -0.05) is 0 Å². The van der Waals surface area contributed by atoms with E-state index in [0.717, 1.165) is 24.3 Å². The molecule has 2 rings (SSSR count). The molecule has 1 aliphatic rings. The van der Waals surface area contributed by atoms with E-state index in [1.807, 2.05) is 0 Å². The van der Waals surface area contributed by atoms with Gasteiger partial charge in [0.2, 0.25) is 10.0 Å². The Labute approximate surface area is 118 Å². The van der Waals surface area contributed by atoms with E-state index in [1.54, 1.807) is 26.9 Å². The molecule has 0 atom stereocenters. The fraction of sp³-hybridized carbons (Fsp3) is 0.727. The molecule has 8 heteroatoms. The quantitative estimate of drug-likeness (QED) is 0.849. The second kappa shape index (κ2) is 6.74. The third-order valence-corrected chi connectivity index (χ3v) is 5.92. The van der Waals surface area contributed by atoms with Gasteiger partial charge in [0.25, 0.3) is 0 Å². The first-order chi connectivity index (χ1) is 9.14. The van der Waals surface area contributed by atoms with Crippen molar-refractivity contribution < 1.29 is 8.42 Å². The molecule has 2 heterocycles. The summed E-state index contributed by atoms with van der Waals surface area (Å²) in [5.41, 5.74) is 5.43. The highest BCUT2D eigenvalue weighted by Crippen LogP contribution is 2.19. The van der Waals surface area contributed by atoms with E-state index >= 15 is 0 Å². The van der Waals surface area contributed by atoms with E-state index in [0.29, 0.717) is 26.2 Å². The summed E-state index contributed by atoms with van der Waals surface area (Å²) in [7, 11) is -3.38. The van der Waals surface area contributed by atoms with E-state index in [-0.39, 0.29) is 4.90 Å². The zero-order chi connectivity index (χ0) is 13.7. The predicted molar refractivity (Wildman–Crippen MR) is 76.6 cm³/mol. The predicted octanol–water partition coefficient (Wildman–Crippen LogP) is 0.360. The first-order valence-electron chi connectivity index (χ1n) is 6.45. The van der Waals surface area contributed by atoms with Crippen molar-refractivity contribution in [1.29, 1.82) is 0 Å². The molecule has 0 spiro atoms. The van der Waals surface area contributed by atoms with Gasteiger partial charge in [0.1, 0.15) is 4.90 Å². The molecule has 0 aromatic carbocycles. The Bertz CT molecular complexity index is 493. The molecule has 2 N–H and O–H groups in total. The molecule has 0 saturated carbocycles. The second-order valence-electron chi connectivity index (χ2n) is 4.45. The monoisotopic (exact) mass is 304 g/mol. The van der Waals surface area contributed by atoms with Gasteiger partial charge in [-0.15, -0.1) is 0 Å². The molecule has 1 fully saturated rings. The van der Waals surface area contributed by atoms with Gasteiger partial charge in [-0.25, -0.2) is 8.42 Å². The average molecular weight is 304 g/mol. The normalized spacial score (nSPS) is 18.4.